The highest BCUT2D eigenvalue weighted by Crippen LogP contribution is 2.35. The van der Waals surface area contributed by atoms with Gasteiger partial charge in [0.05, 0.1) is 0 Å². The average Bonchev–Trinajstić information content (AvgIpc) is 3.28. The Labute approximate surface area is 183 Å². The van der Waals surface area contributed by atoms with E-state index in [4.69, 9.17) is 10.2 Å². The van der Waals surface area contributed by atoms with Gasteiger partial charge in [-0.15, -0.1) is 5.10 Å². The molecule has 0 bridgehead atoms. The smallest absolute Gasteiger partial charge is 0.320 e. The van der Waals surface area contributed by atoms with Crippen molar-refractivity contribution >= 4 is 17.6 Å². The van der Waals surface area contributed by atoms with Gasteiger partial charge in [0.25, 0.3) is 0 Å². The zero-order valence-corrected chi connectivity index (χ0v) is 18.4. The summed E-state index contributed by atoms with van der Waals surface area (Å²) in [6, 6.07) is 7.77. The maximum Gasteiger partial charge on any atom is 0.320 e. The second-order valence-corrected chi connectivity index (χ2v) is 7.53. The fourth-order valence-corrected chi connectivity index (χ4v) is 3.32. The lowest BCUT2D eigenvalue weighted by Gasteiger charge is -2.28. The zero-order chi connectivity index (χ0) is 22.6. The molecule has 31 heavy (non-hydrogen) atoms. The molecule has 1 heterocycles. The molecule has 4 N–H and O–H groups in total. The first-order valence-corrected chi connectivity index (χ1v) is 10.6. The lowest BCUT2D eigenvalue weighted by Crippen LogP contribution is -2.20. The van der Waals surface area contributed by atoms with Crippen LogP contribution in [0.1, 0.15) is 68.6 Å². The van der Waals surface area contributed by atoms with Crippen molar-refractivity contribution in [2.45, 2.75) is 52.4 Å². The van der Waals surface area contributed by atoms with Gasteiger partial charge in [-0.2, -0.15) is 0 Å². The fourth-order valence-electron chi connectivity index (χ4n) is 3.32. The average molecular weight is 430 g/mol. The lowest BCUT2D eigenvalue weighted by atomic mass is 9.79. The highest BCUT2D eigenvalue weighted by atomic mass is 19.1. The van der Waals surface area contributed by atoms with Gasteiger partial charge in [0.1, 0.15) is 6.33 Å². The molecule has 0 unspecified atom stereocenters. The first-order chi connectivity index (χ1) is 15.0. The maximum absolute atomic E-state index is 12.3. The molecule has 3 rings (SSSR count). The molecule has 1 aliphatic carbocycles. The SMILES string of the molecule is C/C(=C/F)Nc1nnc(C(=O)Nc2ccc(C3CCC(CN)CC3)cc2)o1.C/C=C\C. The van der Waals surface area contributed by atoms with Crippen LogP contribution in [0.15, 0.2) is 52.9 Å². The number of nitrogens with one attached hydrogen (secondary N) is 2. The summed E-state index contributed by atoms with van der Waals surface area (Å²) in [5, 5.41) is 12.6. The summed E-state index contributed by atoms with van der Waals surface area (Å²) in [5.41, 5.74) is 7.87. The van der Waals surface area contributed by atoms with Gasteiger partial charge in [0.15, 0.2) is 0 Å². The van der Waals surface area contributed by atoms with Crippen molar-refractivity contribution in [3.8, 4) is 0 Å². The fraction of sp³-hybridized carbons (Fsp3) is 0.435. The van der Waals surface area contributed by atoms with Crippen LogP contribution >= 0.6 is 0 Å². The first-order valence-electron chi connectivity index (χ1n) is 10.6. The summed E-state index contributed by atoms with van der Waals surface area (Å²) in [5.74, 6) is 0.480. The number of nitrogens with zero attached hydrogens (tertiary/aromatic N) is 2. The molecular formula is C23H32FN5O2. The Kier molecular flexibility index (Phi) is 9.90. The van der Waals surface area contributed by atoms with E-state index in [1.807, 2.05) is 50.3 Å². The van der Waals surface area contributed by atoms with E-state index in [1.165, 1.54) is 25.3 Å². The number of halogens is 1. The van der Waals surface area contributed by atoms with Crippen molar-refractivity contribution in [2.75, 3.05) is 17.2 Å². The molecule has 7 nitrogen and oxygen atoms in total. The van der Waals surface area contributed by atoms with Gasteiger partial charge in [-0.3, -0.25) is 4.79 Å². The van der Waals surface area contributed by atoms with E-state index in [-0.39, 0.29) is 17.6 Å². The van der Waals surface area contributed by atoms with Crippen LogP contribution in [-0.2, 0) is 0 Å². The molecule has 1 aromatic carbocycles. The minimum absolute atomic E-state index is 0.0463. The quantitative estimate of drug-likeness (QED) is 0.532. The molecule has 1 saturated carbocycles. The summed E-state index contributed by atoms with van der Waals surface area (Å²) in [6.07, 6.45) is 9.01. The molecule has 2 aromatic rings. The van der Waals surface area contributed by atoms with Crippen molar-refractivity contribution in [1.29, 1.82) is 0 Å². The van der Waals surface area contributed by atoms with Crippen molar-refractivity contribution in [3.05, 3.63) is 59.9 Å². The third-order valence-electron chi connectivity index (χ3n) is 5.24. The van der Waals surface area contributed by atoms with Crippen molar-refractivity contribution in [2.24, 2.45) is 11.7 Å². The third kappa shape index (κ3) is 7.64. The van der Waals surface area contributed by atoms with Crippen LogP contribution in [0.2, 0.25) is 0 Å². The van der Waals surface area contributed by atoms with Crippen LogP contribution in [-0.4, -0.2) is 22.6 Å². The van der Waals surface area contributed by atoms with Crippen LogP contribution in [0.4, 0.5) is 16.1 Å². The number of hydrogen-bond donors (Lipinski definition) is 3. The highest BCUT2D eigenvalue weighted by Gasteiger charge is 2.21. The Morgan fingerprint density at radius 1 is 1.13 bits per heavy atom. The number of hydrogen-bond acceptors (Lipinski definition) is 6. The van der Waals surface area contributed by atoms with E-state index in [1.54, 1.807) is 0 Å². The standard InChI is InChI=1S/C19H24FN5O2.C4H8/c1-12(10-20)22-19-25-24-18(27-19)17(26)23-16-8-6-15(7-9-16)14-4-2-13(11-21)3-5-14;1-3-4-2/h6-10,13-14H,2-5,11,21H2,1H3,(H,22,25)(H,23,26);3-4H,1-2H3/b12-10-;4-3-. The number of anilines is 2. The van der Waals surface area contributed by atoms with E-state index >= 15 is 0 Å². The highest BCUT2D eigenvalue weighted by molar-refractivity contribution is 6.00. The predicted molar refractivity (Wildman–Crippen MR) is 121 cm³/mol. The zero-order valence-electron chi connectivity index (χ0n) is 18.4. The van der Waals surface area contributed by atoms with Gasteiger partial charge < -0.3 is 20.8 Å². The first kappa shape index (κ1) is 24.3. The molecule has 0 radical (unpaired) electrons. The Balaban J connectivity index is 0.000000785. The summed E-state index contributed by atoms with van der Waals surface area (Å²) >= 11 is 0. The third-order valence-corrected chi connectivity index (χ3v) is 5.24. The number of nitrogens with two attached hydrogens (primary N) is 1. The topological polar surface area (TPSA) is 106 Å². The van der Waals surface area contributed by atoms with E-state index < -0.39 is 5.91 Å². The molecule has 0 aliphatic heterocycles. The normalized spacial score (nSPS) is 18.9. The van der Waals surface area contributed by atoms with E-state index in [0.717, 1.165) is 19.4 Å². The number of allylic oxidation sites excluding steroid dienone is 3. The van der Waals surface area contributed by atoms with Crippen LogP contribution in [0.3, 0.4) is 0 Å². The van der Waals surface area contributed by atoms with Crippen molar-refractivity contribution in [1.82, 2.24) is 10.2 Å². The monoisotopic (exact) mass is 429 g/mol. The second kappa shape index (κ2) is 12.6. The Morgan fingerprint density at radius 2 is 1.77 bits per heavy atom. The molecule has 1 amide bonds. The maximum atomic E-state index is 12.3. The van der Waals surface area contributed by atoms with Gasteiger partial charge in [-0.25, -0.2) is 4.39 Å². The number of carbonyl (C=O) groups excluding carboxylic acids is 1. The number of carbonyl (C=O) groups is 1. The lowest BCUT2D eigenvalue weighted by molar-refractivity contribution is 0.0991. The Morgan fingerprint density at radius 3 is 2.32 bits per heavy atom. The van der Waals surface area contributed by atoms with Gasteiger partial charge in [-0.05, 0) is 82.5 Å². The number of amides is 1. The minimum atomic E-state index is -0.520. The predicted octanol–water partition coefficient (Wildman–Crippen LogP) is 5.38. The van der Waals surface area contributed by atoms with Crippen LogP contribution in [0, 0.1) is 5.92 Å². The molecule has 1 aromatic heterocycles. The number of aromatic nitrogens is 2. The Hall–Kier alpha value is -3.00. The van der Waals surface area contributed by atoms with E-state index in [2.05, 4.69) is 20.8 Å². The molecule has 1 fully saturated rings. The Bertz CT molecular complexity index is 864. The van der Waals surface area contributed by atoms with Gasteiger partial charge in [0.2, 0.25) is 0 Å². The number of rotatable bonds is 6. The van der Waals surface area contributed by atoms with E-state index in [0.29, 0.717) is 23.9 Å². The van der Waals surface area contributed by atoms with Crippen LogP contribution in [0.25, 0.3) is 0 Å². The van der Waals surface area contributed by atoms with Crippen LogP contribution < -0.4 is 16.4 Å². The van der Waals surface area contributed by atoms with E-state index in [9.17, 15) is 9.18 Å². The van der Waals surface area contributed by atoms with Gasteiger partial charge in [0, 0.05) is 11.4 Å². The van der Waals surface area contributed by atoms with Gasteiger partial charge >= 0.3 is 17.8 Å². The molecule has 8 heteroatoms. The summed E-state index contributed by atoms with van der Waals surface area (Å²) in [4.78, 5) is 12.2. The summed E-state index contributed by atoms with van der Waals surface area (Å²) in [6.45, 7) is 6.27. The molecule has 0 spiro atoms. The molecule has 0 saturated heterocycles. The van der Waals surface area contributed by atoms with Crippen molar-refractivity contribution < 1.29 is 13.6 Å². The summed E-state index contributed by atoms with van der Waals surface area (Å²) in [7, 11) is 0. The molecule has 168 valence electrons. The minimum Gasteiger partial charge on any atom is -0.399 e. The largest absolute Gasteiger partial charge is 0.399 e. The summed E-state index contributed by atoms with van der Waals surface area (Å²) < 4.78 is 17.5. The second-order valence-electron chi connectivity index (χ2n) is 7.53. The van der Waals surface area contributed by atoms with Crippen LogP contribution in [0.5, 0.6) is 0 Å². The molecular weight excluding hydrogens is 397 g/mol. The van der Waals surface area contributed by atoms with Gasteiger partial charge in [-0.1, -0.05) is 29.4 Å². The number of benzene rings is 1. The molecule has 0 atom stereocenters. The van der Waals surface area contributed by atoms with Crippen molar-refractivity contribution in [3.63, 3.8) is 0 Å². The molecule has 1 aliphatic rings.